The molecule has 2 amide bonds. The first-order valence-electron chi connectivity index (χ1n) is 14.0. The minimum atomic E-state index is -0.927. The molecule has 236 valence electrons. The van der Waals surface area contributed by atoms with Gasteiger partial charge in [-0.2, -0.15) is 4.39 Å². The lowest BCUT2D eigenvalue weighted by atomic mass is 10.00. The van der Waals surface area contributed by atoms with Crippen molar-refractivity contribution >= 4 is 46.0 Å². The van der Waals surface area contributed by atoms with E-state index in [9.17, 15) is 23.9 Å². The van der Waals surface area contributed by atoms with Crippen LogP contribution < -0.4 is 31.0 Å². The molecule has 1 atom stereocenters. The Balaban J connectivity index is 1.41. The van der Waals surface area contributed by atoms with Crippen LogP contribution in [0.3, 0.4) is 0 Å². The molecular formula is C29H30ClFN8O6. The average Bonchev–Trinajstić information content (AvgIpc) is 3.60. The second-order valence-electron chi connectivity index (χ2n) is 11.1. The van der Waals surface area contributed by atoms with E-state index in [1.165, 1.54) is 27.5 Å². The number of piperazine rings is 1. The highest BCUT2D eigenvalue weighted by molar-refractivity contribution is 6.33. The van der Waals surface area contributed by atoms with Crippen LogP contribution in [0.4, 0.5) is 15.9 Å². The lowest BCUT2D eigenvalue weighted by Gasteiger charge is -2.39. The van der Waals surface area contributed by atoms with Crippen molar-refractivity contribution in [3.05, 3.63) is 51.0 Å². The van der Waals surface area contributed by atoms with Gasteiger partial charge in [0.15, 0.2) is 11.5 Å². The zero-order chi connectivity index (χ0) is 32.3. The minimum absolute atomic E-state index is 0.0417. The molecule has 16 heteroatoms. The van der Waals surface area contributed by atoms with E-state index in [0.717, 1.165) is 13.1 Å². The average molecular weight is 641 g/mol. The van der Waals surface area contributed by atoms with Gasteiger partial charge in [-0.25, -0.2) is 9.97 Å². The van der Waals surface area contributed by atoms with E-state index in [0.29, 0.717) is 18.2 Å². The van der Waals surface area contributed by atoms with Crippen molar-refractivity contribution in [2.24, 2.45) is 12.8 Å². The third-order valence-electron chi connectivity index (χ3n) is 8.11. The first-order chi connectivity index (χ1) is 21.3. The van der Waals surface area contributed by atoms with Crippen molar-refractivity contribution in [3.8, 4) is 28.4 Å². The smallest absolute Gasteiger partial charge is 0.263 e. The molecule has 1 aromatic carbocycles. The molecule has 4 aromatic rings. The van der Waals surface area contributed by atoms with Crippen LogP contribution in [0.25, 0.3) is 22.2 Å². The number of likely N-dealkylation sites (N-methyl/N-ethyl adjacent to an activating group) is 1. The van der Waals surface area contributed by atoms with Crippen LogP contribution in [0.5, 0.6) is 17.2 Å². The van der Waals surface area contributed by atoms with Crippen LogP contribution in [0.15, 0.2) is 23.1 Å². The fourth-order valence-electron chi connectivity index (χ4n) is 5.74. The minimum Gasteiger partial charge on any atom is -0.504 e. The van der Waals surface area contributed by atoms with Gasteiger partial charge in [-0.3, -0.25) is 19.0 Å². The summed E-state index contributed by atoms with van der Waals surface area (Å²) < 4.78 is 28.6. The van der Waals surface area contributed by atoms with Gasteiger partial charge < -0.3 is 40.0 Å². The molecule has 2 aliphatic rings. The van der Waals surface area contributed by atoms with Gasteiger partial charge in [0.25, 0.3) is 11.5 Å². The Bertz CT molecular complexity index is 1960. The van der Waals surface area contributed by atoms with E-state index < -0.39 is 29.1 Å². The van der Waals surface area contributed by atoms with Gasteiger partial charge in [0.05, 0.1) is 16.6 Å². The predicted molar refractivity (Wildman–Crippen MR) is 164 cm³/mol. The van der Waals surface area contributed by atoms with Crippen LogP contribution in [-0.4, -0.2) is 80.4 Å². The lowest BCUT2D eigenvalue weighted by Crippen LogP contribution is -2.50. The van der Waals surface area contributed by atoms with Gasteiger partial charge in [0.1, 0.15) is 28.9 Å². The molecule has 5 heterocycles. The summed E-state index contributed by atoms with van der Waals surface area (Å²) in [6, 6.07) is 2.88. The summed E-state index contributed by atoms with van der Waals surface area (Å²) in [5.41, 5.74) is 5.52. The van der Waals surface area contributed by atoms with Crippen molar-refractivity contribution in [1.29, 1.82) is 0 Å². The first-order valence-corrected chi connectivity index (χ1v) is 14.4. The molecule has 2 aliphatic heterocycles. The van der Waals surface area contributed by atoms with Crippen LogP contribution in [0, 0.1) is 12.9 Å². The molecule has 1 fully saturated rings. The first kappa shape index (κ1) is 30.1. The van der Waals surface area contributed by atoms with Gasteiger partial charge in [-0.15, -0.1) is 0 Å². The molecule has 0 radical (unpaired) electrons. The Morgan fingerprint density at radius 2 is 1.91 bits per heavy atom. The summed E-state index contributed by atoms with van der Waals surface area (Å²) in [7, 11) is 3.55. The van der Waals surface area contributed by atoms with E-state index in [2.05, 4.69) is 20.2 Å². The number of hydrogen-bond donors (Lipinski definition) is 3. The van der Waals surface area contributed by atoms with E-state index in [1.807, 2.05) is 18.9 Å². The highest BCUT2D eigenvalue weighted by Crippen LogP contribution is 2.50. The molecule has 6 rings (SSSR count). The van der Waals surface area contributed by atoms with Crippen LogP contribution in [-0.2, 0) is 18.4 Å². The Morgan fingerprint density at radius 1 is 1.18 bits per heavy atom. The third-order valence-corrected chi connectivity index (χ3v) is 8.47. The number of hydrogen-bond acceptors (Lipinski definition) is 10. The van der Waals surface area contributed by atoms with E-state index in [-0.39, 0.29) is 69.3 Å². The molecule has 0 aliphatic carbocycles. The number of benzene rings is 1. The SMILES string of the molecule is Cc1nc2c(c(-c3cc(C(N)=O)c(O)c4c3OCO4)cn2CC(=O)Nc2cc(N3CCN(C)CC3C)nc(F)c2Cl)c(=O)n1C. The number of halogens is 2. The number of fused-ring (bicyclic) bond motifs is 2. The molecule has 14 nitrogen and oxygen atoms in total. The van der Waals surface area contributed by atoms with Crippen molar-refractivity contribution in [3.63, 3.8) is 0 Å². The summed E-state index contributed by atoms with van der Waals surface area (Å²) in [5, 5.41) is 13.0. The number of nitrogens with two attached hydrogens (primary N) is 1. The van der Waals surface area contributed by atoms with E-state index in [1.54, 1.807) is 14.0 Å². The highest BCUT2D eigenvalue weighted by atomic mass is 35.5. The Hall–Kier alpha value is -4.89. The number of phenols is 1. The summed E-state index contributed by atoms with van der Waals surface area (Å²) in [4.78, 5) is 51.8. The number of ether oxygens (including phenoxy) is 2. The fraction of sp³-hybridized carbons (Fsp3) is 0.345. The number of carbonyl (C=O) groups is 2. The molecule has 3 aromatic heterocycles. The number of aryl methyl sites for hydroxylation is 1. The Morgan fingerprint density at radius 3 is 2.62 bits per heavy atom. The molecular weight excluding hydrogens is 611 g/mol. The van der Waals surface area contributed by atoms with Gasteiger partial charge in [0.2, 0.25) is 24.4 Å². The van der Waals surface area contributed by atoms with Gasteiger partial charge >= 0.3 is 0 Å². The third kappa shape index (κ3) is 5.17. The van der Waals surface area contributed by atoms with Gasteiger partial charge in [-0.1, -0.05) is 11.6 Å². The van der Waals surface area contributed by atoms with Crippen LogP contribution in [0.1, 0.15) is 23.1 Å². The number of aromatic nitrogens is 4. The van der Waals surface area contributed by atoms with Gasteiger partial charge in [0, 0.05) is 56.1 Å². The second kappa shape index (κ2) is 11.2. The largest absolute Gasteiger partial charge is 0.504 e. The number of carbonyl (C=O) groups excluding carboxylic acids is 2. The predicted octanol–water partition coefficient (Wildman–Crippen LogP) is 2.21. The number of nitrogens with one attached hydrogen (secondary N) is 1. The molecule has 1 unspecified atom stereocenters. The topological polar surface area (TPSA) is 170 Å². The zero-order valence-electron chi connectivity index (χ0n) is 24.8. The molecule has 0 saturated carbocycles. The zero-order valence-corrected chi connectivity index (χ0v) is 25.6. The Labute approximate surface area is 260 Å². The van der Waals surface area contributed by atoms with E-state index >= 15 is 0 Å². The summed E-state index contributed by atoms with van der Waals surface area (Å²) in [6.07, 6.45) is 1.50. The lowest BCUT2D eigenvalue weighted by molar-refractivity contribution is -0.116. The number of primary amides is 1. The fourth-order valence-corrected chi connectivity index (χ4v) is 5.88. The van der Waals surface area contributed by atoms with Crippen LogP contribution in [0.2, 0.25) is 5.02 Å². The van der Waals surface area contributed by atoms with Crippen molar-refractivity contribution in [1.82, 2.24) is 24.0 Å². The maximum Gasteiger partial charge on any atom is 0.263 e. The number of pyridine rings is 1. The standard InChI is InChI=1S/C29H30ClFN8O6/c1-13-9-36(3)5-6-39(13)19-8-18(22(30)26(31)35-19)34-20(40)11-38-10-17(21-28(38)33-14(2)37(4)29(21)43)15-7-16(27(32)42)23(41)25-24(15)44-12-45-25/h7-8,10,13,41H,5-6,9,11-12H2,1-4H3,(H2,32,42)(H,34,35,40). The highest BCUT2D eigenvalue weighted by Gasteiger charge is 2.31. The van der Waals surface area contributed by atoms with Crippen molar-refractivity contribution in [2.75, 3.05) is 43.7 Å². The molecule has 45 heavy (non-hydrogen) atoms. The monoisotopic (exact) mass is 640 g/mol. The summed E-state index contributed by atoms with van der Waals surface area (Å²) >= 11 is 6.23. The molecule has 0 spiro atoms. The second-order valence-corrected chi connectivity index (χ2v) is 11.5. The molecule has 1 saturated heterocycles. The van der Waals surface area contributed by atoms with Gasteiger partial charge in [-0.05, 0) is 27.0 Å². The molecule has 4 N–H and O–H groups in total. The summed E-state index contributed by atoms with van der Waals surface area (Å²) in [6.45, 7) is 5.18. The van der Waals surface area contributed by atoms with E-state index in [4.69, 9.17) is 26.8 Å². The number of rotatable bonds is 6. The number of amides is 2. The maximum atomic E-state index is 14.9. The quantitative estimate of drug-likeness (QED) is 0.266. The van der Waals surface area contributed by atoms with Crippen molar-refractivity contribution in [2.45, 2.75) is 26.4 Å². The maximum absolute atomic E-state index is 14.9. The molecule has 0 bridgehead atoms. The summed E-state index contributed by atoms with van der Waals surface area (Å²) in [5.74, 6) is -2.21. The number of anilines is 2. The number of nitrogens with zero attached hydrogens (tertiary/aromatic N) is 6. The Kier molecular flexibility index (Phi) is 7.53. The van der Waals surface area contributed by atoms with Crippen molar-refractivity contribution < 1.29 is 28.6 Å². The van der Waals surface area contributed by atoms with Crippen LogP contribution >= 0.6 is 11.6 Å². The normalized spacial score (nSPS) is 16.4. The number of aromatic hydroxyl groups is 1.